The van der Waals surface area contributed by atoms with Crippen LogP contribution in [0.5, 0.6) is 0 Å². The van der Waals surface area contributed by atoms with Crippen molar-refractivity contribution >= 4 is 27.0 Å². The van der Waals surface area contributed by atoms with E-state index in [9.17, 15) is 12.8 Å². The summed E-state index contributed by atoms with van der Waals surface area (Å²) in [5.41, 5.74) is 5.52. The number of sulfonamides is 1. The summed E-state index contributed by atoms with van der Waals surface area (Å²) in [4.78, 5) is 1.05. The maximum absolute atomic E-state index is 13.0. The molecular formula is C13H15FN2O2S2. The third-order valence-electron chi connectivity index (χ3n) is 2.91. The van der Waals surface area contributed by atoms with Gasteiger partial charge in [0, 0.05) is 18.5 Å². The Kier molecular flexibility index (Phi) is 4.42. The van der Waals surface area contributed by atoms with Crippen LogP contribution in [0.15, 0.2) is 40.6 Å². The number of benzene rings is 1. The summed E-state index contributed by atoms with van der Waals surface area (Å²) in [6.07, 6.45) is 0.633. The zero-order valence-corrected chi connectivity index (χ0v) is 12.5. The second kappa shape index (κ2) is 5.90. The molecular weight excluding hydrogens is 299 g/mol. The van der Waals surface area contributed by atoms with Crippen LogP contribution in [0.3, 0.4) is 0 Å². The van der Waals surface area contributed by atoms with Crippen LogP contribution in [0.2, 0.25) is 0 Å². The number of nitrogen functional groups attached to an aromatic ring is 1. The zero-order chi connectivity index (χ0) is 14.8. The highest BCUT2D eigenvalue weighted by atomic mass is 32.2. The molecule has 2 N–H and O–H groups in total. The highest BCUT2D eigenvalue weighted by molar-refractivity contribution is 7.89. The van der Waals surface area contributed by atoms with E-state index in [2.05, 4.69) is 0 Å². The van der Waals surface area contributed by atoms with E-state index < -0.39 is 15.8 Å². The number of hydrogen-bond donors (Lipinski definition) is 1. The fourth-order valence-corrected chi connectivity index (χ4v) is 3.73. The van der Waals surface area contributed by atoms with Crippen molar-refractivity contribution in [3.8, 4) is 0 Å². The van der Waals surface area contributed by atoms with Crippen molar-refractivity contribution in [3.05, 3.63) is 46.4 Å². The Morgan fingerprint density at radius 1 is 1.35 bits per heavy atom. The van der Waals surface area contributed by atoms with Gasteiger partial charge in [0.15, 0.2) is 0 Å². The van der Waals surface area contributed by atoms with Crippen molar-refractivity contribution < 1.29 is 12.8 Å². The van der Waals surface area contributed by atoms with Gasteiger partial charge in [-0.1, -0.05) is 6.07 Å². The van der Waals surface area contributed by atoms with Crippen molar-refractivity contribution in [3.63, 3.8) is 0 Å². The van der Waals surface area contributed by atoms with Crippen molar-refractivity contribution in [2.75, 3.05) is 19.3 Å². The maximum atomic E-state index is 13.0. The molecule has 0 fully saturated rings. The quantitative estimate of drug-likeness (QED) is 0.862. The van der Waals surface area contributed by atoms with Gasteiger partial charge in [-0.15, -0.1) is 11.3 Å². The molecule has 0 aliphatic rings. The summed E-state index contributed by atoms with van der Waals surface area (Å²) in [6, 6.07) is 7.18. The van der Waals surface area contributed by atoms with Crippen LogP contribution in [0.25, 0.3) is 0 Å². The van der Waals surface area contributed by atoms with Gasteiger partial charge in [-0.05, 0) is 36.1 Å². The minimum atomic E-state index is -3.69. The second-order valence-corrected chi connectivity index (χ2v) is 7.38. The van der Waals surface area contributed by atoms with Gasteiger partial charge < -0.3 is 5.73 Å². The smallest absolute Gasteiger partial charge is 0.244 e. The Labute approximate surface area is 121 Å². The molecule has 2 aromatic rings. The predicted molar refractivity (Wildman–Crippen MR) is 78.7 cm³/mol. The molecule has 1 heterocycles. The molecule has 108 valence electrons. The molecule has 0 spiro atoms. The number of anilines is 1. The van der Waals surface area contributed by atoms with Crippen LogP contribution < -0.4 is 5.73 Å². The normalized spacial score (nSPS) is 11.9. The van der Waals surface area contributed by atoms with Crippen LogP contribution in [0.1, 0.15) is 4.88 Å². The summed E-state index contributed by atoms with van der Waals surface area (Å²) in [5.74, 6) is -0.553. The summed E-state index contributed by atoms with van der Waals surface area (Å²) in [7, 11) is -2.20. The Morgan fingerprint density at radius 2 is 2.10 bits per heavy atom. The summed E-state index contributed by atoms with van der Waals surface area (Å²) in [6.45, 7) is 0.347. The van der Waals surface area contributed by atoms with Gasteiger partial charge in [-0.2, -0.15) is 0 Å². The second-order valence-electron chi connectivity index (χ2n) is 4.34. The van der Waals surface area contributed by atoms with Crippen molar-refractivity contribution in [1.82, 2.24) is 4.31 Å². The van der Waals surface area contributed by atoms with Gasteiger partial charge in [-0.3, -0.25) is 0 Å². The lowest BCUT2D eigenvalue weighted by atomic mass is 10.3. The predicted octanol–water partition coefficient (Wildman–Crippen LogP) is 2.33. The molecule has 0 amide bonds. The Balaban J connectivity index is 2.16. The van der Waals surface area contributed by atoms with E-state index in [0.717, 1.165) is 17.0 Å². The van der Waals surface area contributed by atoms with Crippen molar-refractivity contribution in [1.29, 1.82) is 0 Å². The average Bonchev–Trinajstić information content (AvgIpc) is 2.88. The number of likely N-dealkylation sites (N-methyl/N-ethyl adjacent to an activating group) is 1. The Hall–Kier alpha value is -1.44. The Morgan fingerprint density at radius 3 is 2.70 bits per heavy atom. The van der Waals surface area contributed by atoms with E-state index >= 15 is 0 Å². The van der Waals surface area contributed by atoms with E-state index in [1.807, 2.05) is 17.5 Å². The summed E-state index contributed by atoms with van der Waals surface area (Å²) >= 11 is 1.58. The highest BCUT2D eigenvalue weighted by Gasteiger charge is 2.23. The topological polar surface area (TPSA) is 63.4 Å². The Bertz CT molecular complexity index is 684. The average molecular weight is 314 g/mol. The molecule has 7 heteroatoms. The lowest BCUT2D eigenvalue weighted by molar-refractivity contribution is 0.473. The van der Waals surface area contributed by atoms with E-state index in [1.54, 1.807) is 11.3 Å². The lowest BCUT2D eigenvalue weighted by Gasteiger charge is -2.18. The van der Waals surface area contributed by atoms with Gasteiger partial charge >= 0.3 is 0 Å². The van der Waals surface area contributed by atoms with Gasteiger partial charge in [-0.25, -0.2) is 17.1 Å². The first-order valence-corrected chi connectivity index (χ1v) is 8.27. The van der Waals surface area contributed by atoms with Crippen LogP contribution >= 0.6 is 11.3 Å². The first-order chi connectivity index (χ1) is 9.41. The molecule has 2 rings (SSSR count). The molecule has 0 atom stereocenters. The molecule has 4 nitrogen and oxygen atoms in total. The molecule has 0 aliphatic carbocycles. The number of nitrogens with two attached hydrogens (primary N) is 1. The number of halogens is 1. The zero-order valence-electron chi connectivity index (χ0n) is 10.9. The highest BCUT2D eigenvalue weighted by Crippen LogP contribution is 2.22. The summed E-state index contributed by atoms with van der Waals surface area (Å²) in [5, 5.41) is 1.95. The third-order valence-corrected chi connectivity index (χ3v) is 5.78. The largest absolute Gasteiger partial charge is 0.398 e. The molecule has 0 radical (unpaired) electrons. The van der Waals surface area contributed by atoms with Crippen LogP contribution in [0, 0.1) is 5.82 Å². The fourth-order valence-electron chi connectivity index (χ4n) is 1.76. The first kappa shape index (κ1) is 15.0. The SMILES string of the molecule is CN(CCc1cccs1)S(=O)(=O)c1ccc(F)cc1N. The van der Waals surface area contributed by atoms with Gasteiger partial charge in [0.2, 0.25) is 10.0 Å². The van der Waals surface area contributed by atoms with Gasteiger partial charge in [0.05, 0.1) is 5.69 Å². The van der Waals surface area contributed by atoms with Gasteiger partial charge in [0.25, 0.3) is 0 Å². The first-order valence-electron chi connectivity index (χ1n) is 5.95. The lowest BCUT2D eigenvalue weighted by Crippen LogP contribution is -2.29. The molecule has 0 aliphatic heterocycles. The molecule has 1 aromatic heterocycles. The minimum absolute atomic E-state index is 0.0624. The van der Waals surface area contributed by atoms with E-state index in [4.69, 9.17) is 5.73 Å². The van der Waals surface area contributed by atoms with Crippen LogP contribution in [0.4, 0.5) is 10.1 Å². The summed E-state index contributed by atoms with van der Waals surface area (Å²) < 4.78 is 38.9. The van der Waals surface area contributed by atoms with Crippen molar-refractivity contribution in [2.24, 2.45) is 0 Å². The molecule has 0 saturated carbocycles. The minimum Gasteiger partial charge on any atom is -0.398 e. The van der Waals surface area contributed by atoms with Gasteiger partial charge in [0.1, 0.15) is 10.7 Å². The van der Waals surface area contributed by atoms with E-state index in [0.29, 0.717) is 13.0 Å². The standard InChI is InChI=1S/C13H15FN2O2S2/c1-16(7-6-11-3-2-8-19-11)20(17,18)13-5-4-10(14)9-12(13)15/h2-5,8-9H,6-7,15H2,1H3. The number of nitrogens with zero attached hydrogens (tertiary/aromatic N) is 1. The molecule has 0 bridgehead atoms. The number of thiophene rings is 1. The molecule has 0 saturated heterocycles. The maximum Gasteiger partial charge on any atom is 0.244 e. The van der Waals surface area contributed by atoms with E-state index in [-0.39, 0.29) is 10.6 Å². The fraction of sp³-hybridized carbons (Fsp3) is 0.231. The number of hydrogen-bond acceptors (Lipinski definition) is 4. The molecule has 20 heavy (non-hydrogen) atoms. The molecule has 1 aromatic carbocycles. The third kappa shape index (κ3) is 3.17. The van der Waals surface area contributed by atoms with E-state index in [1.165, 1.54) is 17.4 Å². The monoisotopic (exact) mass is 314 g/mol. The number of rotatable bonds is 5. The van der Waals surface area contributed by atoms with Crippen LogP contribution in [-0.2, 0) is 16.4 Å². The van der Waals surface area contributed by atoms with Crippen LogP contribution in [-0.4, -0.2) is 26.3 Å². The van der Waals surface area contributed by atoms with Crippen molar-refractivity contribution in [2.45, 2.75) is 11.3 Å². The molecule has 0 unspecified atom stereocenters.